The zero-order chi connectivity index (χ0) is 16.7. The summed E-state index contributed by atoms with van der Waals surface area (Å²) in [5, 5.41) is 8.49. The number of fused-ring (bicyclic) bond motifs is 1. The molecule has 1 saturated carbocycles. The van der Waals surface area contributed by atoms with Crippen molar-refractivity contribution in [1.29, 1.82) is 0 Å². The molecule has 128 valence electrons. The van der Waals surface area contributed by atoms with Crippen molar-refractivity contribution in [3.05, 3.63) is 47.3 Å². The minimum Gasteiger partial charge on any atom is -0.313 e. The average molecular weight is 350 g/mol. The summed E-state index contributed by atoms with van der Waals surface area (Å²) in [5.41, 5.74) is 0.208. The minimum atomic E-state index is -3.56. The first-order valence-electron chi connectivity index (χ1n) is 8.18. The number of sulfonamides is 1. The third-order valence-electron chi connectivity index (χ3n) is 4.65. The van der Waals surface area contributed by atoms with E-state index in [2.05, 4.69) is 14.8 Å². The van der Waals surface area contributed by atoms with Crippen molar-refractivity contribution in [2.75, 3.05) is 13.1 Å². The standard InChI is InChI=1S/C16H19FN4O2S/c17-14-4-2-1-3-13(14)11-24(22,23)20-8-7-15-18-19-16(12-5-6-12)21(15)10-9-20/h1-4,12H,5-11H2. The van der Waals surface area contributed by atoms with Gasteiger partial charge in [0.05, 0.1) is 5.75 Å². The van der Waals surface area contributed by atoms with Gasteiger partial charge < -0.3 is 4.57 Å². The van der Waals surface area contributed by atoms with Crippen molar-refractivity contribution in [2.24, 2.45) is 0 Å². The van der Waals surface area contributed by atoms with Crippen molar-refractivity contribution in [2.45, 2.75) is 37.5 Å². The molecular formula is C16H19FN4O2S. The van der Waals surface area contributed by atoms with Gasteiger partial charge in [-0.05, 0) is 18.9 Å². The van der Waals surface area contributed by atoms with Crippen LogP contribution in [0.15, 0.2) is 24.3 Å². The van der Waals surface area contributed by atoms with E-state index in [9.17, 15) is 12.8 Å². The van der Waals surface area contributed by atoms with Crippen LogP contribution in [0.4, 0.5) is 4.39 Å². The van der Waals surface area contributed by atoms with Crippen LogP contribution in [-0.2, 0) is 28.7 Å². The first kappa shape index (κ1) is 15.7. The van der Waals surface area contributed by atoms with E-state index in [0.29, 0.717) is 32.0 Å². The monoisotopic (exact) mass is 350 g/mol. The van der Waals surface area contributed by atoms with Gasteiger partial charge in [0, 0.05) is 37.5 Å². The van der Waals surface area contributed by atoms with Crippen molar-refractivity contribution in [1.82, 2.24) is 19.1 Å². The summed E-state index contributed by atoms with van der Waals surface area (Å²) in [6.45, 7) is 1.30. The Morgan fingerprint density at radius 3 is 2.67 bits per heavy atom. The number of nitrogens with zero attached hydrogens (tertiary/aromatic N) is 4. The quantitative estimate of drug-likeness (QED) is 0.841. The number of hydrogen-bond donors (Lipinski definition) is 0. The Balaban J connectivity index is 1.52. The van der Waals surface area contributed by atoms with Gasteiger partial charge in [-0.15, -0.1) is 10.2 Å². The molecular weight excluding hydrogens is 331 g/mol. The second-order valence-corrected chi connectivity index (χ2v) is 8.37. The zero-order valence-electron chi connectivity index (χ0n) is 13.2. The molecule has 2 heterocycles. The van der Waals surface area contributed by atoms with Gasteiger partial charge in [-0.25, -0.2) is 12.8 Å². The lowest BCUT2D eigenvalue weighted by atomic mass is 10.2. The zero-order valence-corrected chi connectivity index (χ0v) is 14.0. The van der Waals surface area contributed by atoms with Gasteiger partial charge in [-0.3, -0.25) is 0 Å². The average Bonchev–Trinajstić information content (AvgIpc) is 3.35. The predicted molar refractivity (Wildman–Crippen MR) is 86.3 cm³/mol. The molecule has 1 fully saturated rings. The molecule has 2 aliphatic rings. The van der Waals surface area contributed by atoms with E-state index in [-0.39, 0.29) is 11.3 Å². The number of hydrogen-bond acceptors (Lipinski definition) is 4. The summed E-state index contributed by atoms with van der Waals surface area (Å²) in [6, 6.07) is 6.02. The van der Waals surface area contributed by atoms with Crippen molar-refractivity contribution >= 4 is 10.0 Å². The Labute approximate surface area is 140 Å². The van der Waals surface area contributed by atoms with E-state index in [1.165, 1.54) is 16.4 Å². The van der Waals surface area contributed by atoms with Crippen LogP contribution in [0.1, 0.15) is 36.0 Å². The summed E-state index contributed by atoms with van der Waals surface area (Å²) < 4.78 is 42.6. The first-order valence-corrected chi connectivity index (χ1v) is 9.79. The molecule has 1 aliphatic carbocycles. The van der Waals surface area contributed by atoms with Crippen molar-refractivity contribution < 1.29 is 12.8 Å². The summed E-state index contributed by atoms with van der Waals surface area (Å²) >= 11 is 0. The van der Waals surface area contributed by atoms with Gasteiger partial charge in [0.25, 0.3) is 0 Å². The van der Waals surface area contributed by atoms with Crippen LogP contribution in [0.5, 0.6) is 0 Å². The van der Waals surface area contributed by atoms with E-state index >= 15 is 0 Å². The van der Waals surface area contributed by atoms with Crippen LogP contribution in [0.2, 0.25) is 0 Å². The molecule has 1 aliphatic heterocycles. The fourth-order valence-electron chi connectivity index (χ4n) is 3.15. The number of halogens is 1. The Hall–Kier alpha value is -1.80. The van der Waals surface area contributed by atoms with Crippen LogP contribution in [0, 0.1) is 5.82 Å². The summed E-state index contributed by atoms with van der Waals surface area (Å²) in [7, 11) is -3.56. The molecule has 4 rings (SSSR count). The first-order chi connectivity index (χ1) is 11.5. The summed E-state index contributed by atoms with van der Waals surface area (Å²) in [4.78, 5) is 0. The van der Waals surface area contributed by atoms with Gasteiger partial charge in [0.15, 0.2) is 0 Å². The highest BCUT2D eigenvalue weighted by atomic mass is 32.2. The van der Waals surface area contributed by atoms with Gasteiger partial charge in [0.2, 0.25) is 10.0 Å². The number of benzene rings is 1. The third kappa shape index (κ3) is 2.95. The fraction of sp³-hybridized carbons (Fsp3) is 0.500. The van der Waals surface area contributed by atoms with Crippen molar-refractivity contribution in [3.8, 4) is 0 Å². The Bertz CT molecular complexity index is 861. The normalized spacial score (nSPS) is 19.0. The SMILES string of the molecule is O=S(=O)(Cc1ccccc1F)N1CCc2nnc(C3CC3)n2CC1. The van der Waals surface area contributed by atoms with Crippen LogP contribution in [0.25, 0.3) is 0 Å². The summed E-state index contributed by atoms with van der Waals surface area (Å²) in [6.07, 6.45) is 2.80. The smallest absolute Gasteiger partial charge is 0.218 e. The molecule has 6 nitrogen and oxygen atoms in total. The Kier molecular flexibility index (Phi) is 3.88. The van der Waals surface area contributed by atoms with Crippen LogP contribution in [0.3, 0.4) is 0 Å². The number of rotatable bonds is 4. The molecule has 0 spiro atoms. The van der Waals surface area contributed by atoms with Crippen molar-refractivity contribution in [3.63, 3.8) is 0 Å². The molecule has 0 unspecified atom stereocenters. The molecule has 0 radical (unpaired) electrons. The van der Waals surface area contributed by atoms with Crippen LogP contribution in [-0.4, -0.2) is 40.6 Å². The highest BCUT2D eigenvalue weighted by molar-refractivity contribution is 7.88. The van der Waals surface area contributed by atoms with E-state index in [1.807, 2.05) is 0 Å². The van der Waals surface area contributed by atoms with Gasteiger partial charge in [-0.1, -0.05) is 18.2 Å². The summed E-state index contributed by atoms with van der Waals surface area (Å²) in [5.74, 6) is 1.52. The molecule has 1 aromatic heterocycles. The minimum absolute atomic E-state index is 0.208. The fourth-order valence-corrected chi connectivity index (χ4v) is 4.69. The maximum Gasteiger partial charge on any atom is 0.218 e. The lowest BCUT2D eigenvalue weighted by molar-refractivity contribution is 0.411. The highest BCUT2D eigenvalue weighted by Crippen LogP contribution is 2.39. The maximum atomic E-state index is 13.8. The van der Waals surface area contributed by atoms with Crippen LogP contribution < -0.4 is 0 Å². The lowest BCUT2D eigenvalue weighted by Gasteiger charge is -2.20. The predicted octanol–water partition coefficient (Wildman–Crippen LogP) is 1.68. The molecule has 0 saturated heterocycles. The molecule has 0 atom stereocenters. The van der Waals surface area contributed by atoms with Gasteiger partial charge in [0.1, 0.15) is 17.5 Å². The van der Waals surface area contributed by atoms with Crippen LogP contribution >= 0.6 is 0 Å². The molecule has 24 heavy (non-hydrogen) atoms. The molecule has 2 aromatic rings. The maximum absolute atomic E-state index is 13.8. The van der Waals surface area contributed by atoms with Gasteiger partial charge in [-0.2, -0.15) is 4.31 Å². The second kappa shape index (κ2) is 5.93. The Morgan fingerprint density at radius 2 is 1.92 bits per heavy atom. The molecule has 1 aromatic carbocycles. The molecule has 0 bridgehead atoms. The van der Waals surface area contributed by atoms with E-state index < -0.39 is 15.8 Å². The number of aromatic nitrogens is 3. The molecule has 0 N–H and O–H groups in total. The highest BCUT2D eigenvalue weighted by Gasteiger charge is 2.33. The van der Waals surface area contributed by atoms with E-state index in [0.717, 1.165) is 24.5 Å². The Morgan fingerprint density at radius 1 is 1.12 bits per heavy atom. The topological polar surface area (TPSA) is 68.1 Å². The lowest BCUT2D eigenvalue weighted by Crippen LogP contribution is -2.35. The second-order valence-electron chi connectivity index (χ2n) is 6.40. The molecule has 8 heteroatoms. The third-order valence-corrected chi connectivity index (χ3v) is 6.47. The molecule has 0 amide bonds. The van der Waals surface area contributed by atoms with E-state index in [1.54, 1.807) is 12.1 Å². The van der Waals surface area contributed by atoms with E-state index in [4.69, 9.17) is 0 Å². The largest absolute Gasteiger partial charge is 0.313 e. The van der Waals surface area contributed by atoms with Gasteiger partial charge >= 0.3 is 0 Å².